The summed E-state index contributed by atoms with van der Waals surface area (Å²) in [7, 11) is 0. The fourth-order valence-electron chi connectivity index (χ4n) is 1.76. The third kappa shape index (κ3) is 3.60. The van der Waals surface area contributed by atoms with Crippen LogP contribution in [0.3, 0.4) is 0 Å². The van der Waals surface area contributed by atoms with Crippen molar-refractivity contribution in [3.05, 3.63) is 65.2 Å². The predicted molar refractivity (Wildman–Crippen MR) is 67.7 cm³/mol. The first-order valence-electron chi connectivity index (χ1n) is 5.82. The Balaban J connectivity index is 2.20. The molecule has 2 nitrogen and oxygen atoms in total. The zero-order chi connectivity index (χ0) is 14.8. The molecule has 2 aromatic rings. The van der Waals surface area contributed by atoms with Crippen LogP contribution in [0.1, 0.15) is 21.5 Å². The Kier molecular flexibility index (Phi) is 3.79. The molecule has 0 fully saturated rings. The van der Waals surface area contributed by atoms with Gasteiger partial charge in [-0.05, 0) is 37.3 Å². The number of hydrogen-bond donors (Lipinski definition) is 0. The highest BCUT2D eigenvalue weighted by molar-refractivity contribution is 6.09. The van der Waals surface area contributed by atoms with Crippen molar-refractivity contribution in [2.24, 2.45) is 0 Å². The van der Waals surface area contributed by atoms with E-state index in [9.17, 15) is 18.0 Å². The molecule has 2 aromatic carbocycles. The molecule has 0 atom stereocenters. The Labute approximate surface area is 113 Å². The average molecular weight is 280 g/mol. The van der Waals surface area contributed by atoms with E-state index in [0.717, 1.165) is 17.7 Å². The molecule has 104 valence electrons. The summed E-state index contributed by atoms with van der Waals surface area (Å²) in [6.07, 6.45) is -4.73. The summed E-state index contributed by atoms with van der Waals surface area (Å²) in [6.45, 7) is 1.86. The third-order valence-corrected chi connectivity index (χ3v) is 2.63. The standard InChI is InChI=1S/C15H11F3O2/c1-10-3-2-4-12(9-10)14(19)11-5-7-13(8-6-11)20-15(16,17)18/h2-9H,1H3. The van der Waals surface area contributed by atoms with E-state index >= 15 is 0 Å². The number of alkyl halides is 3. The van der Waals surface area contributed by atoms with Crippen LogP contribution in [0.2, 0.25) is 0 Å². The lowest BCUT2D eigenvalue weighted by Gasteiger charge is -2.09. The fourth-order valence-corrected chi connectivity index (χ4v) is 1.76. The molecule has 2 rings (SSSR count). The van der Waals surface area contributed by atoms with Gasteiger partial charge in [-0.25, -0.2) is 0 Å². The van der Waals surface area contributed by atoms with Gasteiger partial charge in [0.1, 0.15) is 5.75 Å². The highest BCUT2D eigenvalue weighted by Crippen LogP contribution is 2.23. The lowest BCUT2D eigenvalue weighted by atomic mass is 10.0. The van der Waals surface area contributed by atoms with Gasteiger partial charge in [0.05, 0.1) is 0 Å². The maximum absolute atomic E-state index is 12.1. The van der Waals surface area contributed by atoms with Crippen LogP contribution < -0.4 is 4.74 Å². The molecule has 0 saturated heterocycles. The van der Waals surface area contributed by atoms with Crippen molar-refractivity contribution in [2.45, 2.75) is 13.3 Å². The van der Waals surface area contributed by atoms with Crippen molar-refractivity contribution in [1.82, 2.24) is 0 Å². The number of carbonyl (C=O) groups excluding carboxylic acids is 1. The first kappa shape index (κ1) is 14.1. The summed E-state index contributed by atoms with van der Waals surface area (Å²) >= 11 is 0. The van der Waals surface area contributed by atoms with Gasteiger partial charge in [0.25, 0.3) is 0 Å². The molecule has 0 spiro atoms. The van der Waals surface area contributed by atoms with E-state index in [-0.39, 0.29) is 11.5 Å². The first-order chi connectivity index (χ1) is 9.35. The Hall–Kier alpha value is -2.30. The zero-order valence-corrected chi connectivity index (χ0v) is 10.6. The molecule has 0 aliphatic heterocycles. The number of aryl methyl sites for hydroxylation is 1. The second-order valence-corrected chi connectivity index (χ2v) is 4.27. The van der Waals surface area contributed by atoms with Gasteiger partial charge >= 0.3 is 6.36 Å². The van der Waals surface area contributed by atoms with Crippen LogP contribution in [0.15, 0.2) is 48.5 Å². The quantitative estimate of drug-likeness (QED) is 0.790. The van der Waals surface area contributed by atoms with Crippen LogP contribution in [0.25, 0.3) is 0 Å². The minimum Gasteiger partial charge on any atom is -0.406 e. The SMILES string of the molecule is Cc1cccc(C(=O)c2ccc(OC(F)(F)F)cc2)c1. The molecule has 0 aliphatic rings. The fraction of sp³-hybridized carbons (Fsp3) is 0.133. The maximum atomic E-state index is 12.1. The minimum absolute atomic E-state index is 0.243. The molecule has 0 unspecified atom stereocenters. The third-order valence-electron chi connectivity index (χ3n) is 2.63. The van der Waals surface area contributed by atoms with E-state index in [1.54, 1.807) is 18.2 Å². The zero-order valence-electron chi connectivity index (χ0n) is 10.6. The first-order valence-corrected chi connectivity index (χ1v) is 5.82. The van der Waals surface area contributed by atoms with Crippen LogP contribution in [0, 0.1) is 6.92 Å². The maximum Gasteiger partial charge on any atom is 0.573 e. The number of ether oxygens (including phenoxy) is 1. The molecule has 0 aromatic heterocycles. The summed E-state index contributed by atoms with van der Waals surface area (Å²) in [5.41, 5.74) is 1.74. The lowest BCUT2D eigenvalue weighted by molar-refractivity contribution is -0.274. The van der Waals surface area contributed by atoms with Crippen LogP contribution in [0.5, 0.6) is 5.75 Å². The molecular weight excluding hydrogens is 269 g/mol. The molecule has 0 radical (unpaired) electrons. The minimum atomic E-state index is -4.73. The molecular formula is C15H11F3O2. The Bertz CT molecular complexity index is 616. The van der Waals surface area contributed by atoms with Gasteiger partial charge in [-0.15, -0.1) is 13.2 Å². The van der Waals surface area contributed by atoms with E-state index in [0.29, 0.717) is 11.1 Å². The number of halogens is 3. The van der Waals surface area contributed by atoms with Crippen LogP contribution in [0.4, 0.5) is 13.2 Å². The van der Waals surface area contributed by atoms with Gasteiger partial charge < -0.3 is 4.74 Å². The Morgan fingerprint density at radius 1 is 1.00 bits per heavy atom. The Morgan fingerprint density at radius 3 is 2.20 bits per heavy atom. The number of carbonyl (C=O) groups is 1. The van der Waals surface area contributed by atoms with Crippen molar-refractivity contribution in [2.75, 3.05) is 0 Å². The molecule has 0 heterocycles. The van der Waals surface area contributed by atoms with Crippen molar-refractivity contribution in [1.29, 1.82) is 0 Å². The van der Waals surface area contributed by atoms with Crippen molar-refractivity contribution < 1.29 is 22.7 Å². The smallest absolute Gasteiger partial charge is 0.406 e. The molecule has 5 heteroatoms. The van der Waals surface area contributed by atoms with E-state index in [2.05, 4.69) is 4.74 Å². The van der Waals surface area contributed by atoms with Gasteiger partial charge in [0.15, 0.2) is 5.78 Å². The van der Waals surface area contributed by atoms with E-state index in [1.165, 1.54) is 12.1 Å². The van der Waals surface area contributed by atoms with Crippen LogP contribution >= 0.6 is 0 Å². The Morgan fingerprint density at radius 2 is 1.65 bits per heavy atom. The number of rotatable bonds is 3. The molecule has 0 bridgehead atoms. The van der Waals surface area contributed by atoms with Crippen molar-refractivity contribution in [3.8, 4) is 5.75 Å². The van der Waals surface area contributed by atoms with E-state index in [4.69, 9.17) is 0 Å². The lowest BCUT2D eigenvalue weighted by Crippen LogP contribution is -2.17. The number of ketones is 1. The molecule has 20 heavy (non-hydrogen) atoms. The summed E-state index contributed by atoms with van der Waals surface area (Å²) in [4.78, 5) is 12.1. The van der Waals surface area contributed by atoms with Gasteiger partial charge in [-0.3, -0.25) is 4.79 Å². The van der Waals surface area contributed by atoms with E-state index < -0.39 is 6.36 Å². The van der Waals surface area contributed by atoms with Crippen molar-refractivity contribution >= 4 is 5.78 Å². The topological polar surface area (TPSA) is 26.3 Å². The summed E-state index contributed by atoms with van der Waals surface area (Å²) in [6, 6.07) is 11.9. The number of hydrogen-bond acceptors (Lipinski definition) is 2. The molecule has 0 saturated carbocycles. The molecule has 0 N–H and O–H groups in total. The summed E-state index contributed by atoms with van der Waals surface area (Å²) < 4.78 is 39.8. The normalized spacial score (nSPS) is 11.2. The van der Waals surface area contributed by atoms with Gasteiger partial charge in [0.2, 0.25) is 0 Å². The van der Waals surface area contributed by atoms with Crippen LogP contribution in [-0.2, 0) is 0 Å². The highest BCUT2D eigenvalue weighted by Gasteiger charge is 2.31. The van der Waals surface area contributed by atoms with Crippen LogP contribution in [-0.4, -0.2) is 12.1 Å². The summed E-state index contributed by atoms with van der Waals surface area (Å²) in [5.74, 6) is -0.592. The average Bonchev–Trinajstić information content (AvgIpc) is 2.37. The van der Waals surface area contributed by atoms with Gasteiger partial charge in [0, 0.05) is 11.1 Å². The second-order valence-electron chi connectivity index (χ2n) is 4.27. The molecule has 0 amide bonds. The van der Waals surface area contributed by atoms with E-state index in [1.807, 2.05) is 13.0 Å². The predicted octanol–water partition coefficient (Wildman–Crippen LogP) is 4.12. The van der Waals surface area contributed by atoms with Gasteiger partial charge in [-0.1, -0.05) is 23.8 Å². The summed E-state index contributed by atoms with van der Waals surface area (Å²) in [5, 5.41) is 0. The van der Waals surface area contributed by atoms with Crippen molar-refractivity contribution in [3.63, 3.8) is 0 Å². The monoisotopic (exact) mass is 280 g/mol. The largest absolute Gasteiger partial charge is 0.573 e. The number of benzene rings is 2. The molecule has 0 aliphatic carbocycles. The van der Waals surface area contributed by atoms with Gasteiger partial charge in [-0.2, -0.15) is 0 Å². The highest BCUT2D eigenvalue weighted by atomic mass is 19.4. The second kappa shape index (κ2) is 5.36.